The summed E-state index contributed by atoms with van der Waals surface area (Å²) >= 11 is 0. The fourth-order valence-corrected chi connectivity index (χ4v) is 3.30. The lowest BCUT2D eigenvalue weighted by Gasteiger charge is -2.40. The van der Waals surface area contributed by atoms with Gasteiger partial charge in [0, 0.05) is 19.7 Å². The third kappa shape index (κ3) is 3.71. The molecule has 0 aromatic heterocycles. The Morgan fingerprint density at radius 3 is 2.30 bits per heavy atom. The van der Waals surface area contributed by atoms with Crippen LogP contribution in [-0.4, -0.2) is 71.8 Å². The molecule has 116 valence electrons. The fourth-order valence-electron chi connectivity index (χ4n) is 3.30. The van der Waals surface area contributed by atoms with Gasteiger partial charge in [0.25, 0.3) is 0 Å². The molecular weight excluding hydrogens is 256 g/mol. The summed E-state index contributed by atoms with van der Waals surface area (Å²) in [5, 5.41) is 9.18. The highest BCUT2D eigenvalue weighted by Crippen LogP contribution is 2.20. The smallest absolute Gasteiger partial charge is 0.239 e. The average molecular weight is 284 g/mol. The molecule has 0 aromatic rings. The van der Waals surface area contributed by atoms with Gasteiger partial charge >= 0.3 is 0 Å². The van der Waals surface area contributed by atoms with Crippen molar-refractivity contribution < 1.29 is 14.6 Å². The maximum atomic E-state index is 12.6. The summed E-state index contributed by atoms with van der Waals surface area (Å²) in [4.78, 5) is 16.8. The summed E-state index contributed by atoms with van der Waals surface area (Å²) in [7, 11) is 0. The van der Waals surface area contributed by atoms with Gasteiger partial charge in [-0.05, 0) is 52.6 Å². The van der Waals surface area contributed by atoms with E-state index in [0.29, 0.717) is 19.0 Å². The molecule has 5 heteroatoms. The molecule has 2 saturated heterocycles. The molecule has 0 aromatic carbocycles. The molecule has 0 aliphatic carbocycles. The fraction of sp³-hybridized carbons (Fsp3) is 0.933. The highest BCUT2D eigenvalue weighted by molar-refractivity contribution is 5.81. The van der Waals surface area contributed by atoms with Crippen LogP contribution in [-0.2, 0) is 9.53 Å². The lowest BCUT2D eigenvalue weighted by atomic mass is 9.96. The Labute approximate surface area is 121 Å². The Kier molecular flexibility index (Phi) is 5.41. The summed E-state index contributed by atoms with van der Waals surface area (Å²) in [5.74, 6) is 0.631. The van der Waals surface area contributed by atoms with Gasteiger partial charge in [0.15, 0.2) is 0 Å². The van der Waals surface area contributed by atoms with Crippen LogP contribution in [0.2, 0.25) is 0 Å². The molecule has 0 unspecified atom stereocenters. The first-order chi connectivity index (χ1) is 9.51. The molecule has 0 radical (unpaired) electrons. The number of carbonyl (C=O) groups is 1. The van der Waals surface area contributed by atoms with E-state index in [1.54, 1.807) is 0 Å². The van der Waals surface area contributed by atoms with Crippen molar-refractivity contribution in [2.75, 3.05) is 32.8 Å². The second-order valence-electron chi connectivity index (χ2n) is 6.34. The highest BCUT2D eigenvalue weighted by Gasteiger charge is 2.32. The first-order valence-electron chi connectivity index (χ1n) is 7.80. The monoisotopic (exact) mass is 284 g/mol. The molecule has 2 heterocycles. The Morgan fingerprint density at radius 2 is 1.80 bits per heavy atom. The molecule has 3 atom stereocenters. The molecule has 0 bridgehead atoms. The van der Waals surface area contributed by atoms with E-state index in [1.165, 1.54) is 0 Å². The topological polar surface area (TPSA) is 53.0 Å². The number of piperidine rings is 1. The summed E-state index contributed by atoms with van der Waals surface area (Å²) in [6.45, 7) is 9.53. The van der Waals surface area contributed by atoms with Gasteiger partial charge in [0.2, 0.25) is 5.91 Å². The number of carbonyl (C=O) groups excluding carboxylic acids is 1. The van der Waals surface area contributed by atoms with Crippen LogP contribution >= 0.6 is 0 Å². The van der Waals surface area contributed by atoms with Crippen molar-refractivity contribution in [2.24, 2.45) is 5.92 Å². The zero-order chi connectivity index (χ0) is 14.7. The quantitative estimate of drug-likeness (QED) is 0.829. The second kappa shape index (κ2) is 6.87. The van der Waals surface area contributed by atoms with E-state index >= 15 is 0 Å². The van der Waals surface area contributed by atoms with Crippen LogP contribution < -0.4 is 0 Å². The Morgan fingerprint density at radius 1 is 1.25 bits per heavy atom. The van der Waals surface area contributed by atoms with Crippen molar-refractivity contribution in [1.29, 1.82) is 0 Å². The number of amides is 1. The number of nitrogens with zero attached hydrogens (tertiary/aromatic N) is 2. The Hall–Kier alpha value is -0.650. The van der Waals surface area contributed by atoms with Gasteiger partial charge in [-0.3, -0.25) is 9.69 Å². The van der Waals surface area contributed by atoms with Crippen LogP contribution in [0.25, 0.3) is 0 Å². The number of aliphatic hydroxyl groups excluding tert-OH is 1. The number of ether oxygens (including phenoxy) is 1. The first-order valence-corrected chi connectivity index (χ1v) is 7.80. The molecule has 20 heavy (non-hydrogen) atoms. The molecular formula is C15H28N2O3. The first kappa shape index (κ1) is 15.7. The number of morpholine rings is 1. The lowest BCUT2D eigenvalue weighted by Crippen LogP contribution is -2.55. The predicted molar refractivity (Wildman–Crippen MR) is 77.4 cm³/mol. The molecule has 1 amide bonds. The van der Waals surface area contributed by atoms with E-state index in [4.69, 9.17) is 4.74 Å². The van der Waals surface area contributed by atoms with E-state index < -0.39 is 0 Å². The minimum absolute atomic E-state index is 0.0628. The normalized spacial score (nSPS) is 31.3. The number of aliphatic hydroxyl groups is 1. The average Bonchev–Trinajstić information content (AvgIpc) is 2.45. The molecule has 2 rings (SSSR count). The molecule has 5 nitrogen and oxygen atoms in total. The summed E-state index contributed by atoms with van der Waals surface area (Å²) in [5.41, 5.74) is 0. The number of hydrogen-bond donors (Lipinski definition) is 1. The van der Waals surface area contributed by atoms with Crippen LogP contribution in [0.4, 0.5) is 0 Å². The van der Waals surface area contributed by atoms with Gasteiger partial charge < -0.3 is 14.7 Å². The van der Waals surface area contributed by atoms with Crippen LogP contribution in [0.15, 0.2) is 0 Å². The molecule has 2 fully saturated rings. The highest BCUT2D eigenvalue weighted by atomic mass is 16.5. The Balaban J connectivity index is 1.88. The zero-order valence-electron chi connectivity index (χ0n) is 12.9. The van der Waals surface area contributed by atoms with Gasteiger partial charge in [0.1, 0.15) is 0 Å². The van der Waals surface area contributed by atoms with E-state index in [0.717, 1.165) is 25.9 Å². The summed E-state index contributed by atoms with van der Waals surface area (Å²) in [6, 6.07) is -0.0628. The molecule has 1 N–H and O–H groups in total. The van der Waals surface area contributed by atoms with E-state index in [2.05, 4.69) is 4.90 Å². The van der Waals surface area contributed by atoms with E-state index in [1.807, 2.05) is 25.7 Å². The summed E-state index contributed by atoms with van der Waals surface area (Å²) in [6.07, 6.45) is 2.22. The van der Waals surface area contributed by atoms with Gasteiger partial charge in [0.05, 0.1) is 18.2 Å². The minimum atomic E-state index is -0.0628. The number of rotatable bonds is 3. The van der Waals surface area contributed by atoms with Gasteiger partial charge in [-0.25, -0.2) is 0 Å². The second-order valence-corrected chi connectivity index (χ2v) is 6.34. The van der Waals surface area contributed by atoms with Crippen molar-refractivity contribution in [1.82, 2.24) is 9.80 Å². The largest absolute Gasteiger partial charge is 0.396 e. The SMILES string of the molecule is C[C@@H]1CN(C(=O)[C@@H](C)N2CCC(CO)CC2)C[C@H](C)O1. The predicted octanol–water partition coefficient (Wildman–Crippen LogP) is 0.715. The van der Waals surface area contributed by atoms with Crippen LogP contribution in [0, 0.1) is 5.92 Å². The Bertz CT molecular complexity index is 319. The maximum absolute atomic E-state index is 12.6. The van der Waals surface area contributed by atoms with Crippen LogP contribution in [0.5, 0.6) is 0 Å². The molecule has 2 aliphatic rings. The van der Waals surface area contributed by atoms with E-state index in [9.17, 15) is 9.90 Å². The molecule has 0 saturated carbocycles. The third-order valence-electron chi connectivity index (χ3n) is 4.54. The molecule has 0 spiro atoms. The number of likely N-dealkylation sites (tertiary alicyclic amines) is 1. The lowest BCUT2D eigenvalue weighted by molar-refractivity contribution is -0.148. The van der Waals surface area contributed by atoms with Gasteiger partial charge in [-0.15, -0.1) is 0 Å². The zero-order valence-corrected chi connectivity index (χ0v) is 12.9. The minimum Gasteiger partial charge on any atom is -0.396 e. The van der Waals surface area contributed by atoms with Crippen molar-refractivity contribution in [2.45, 2.75) is 51.9 Å². The van der Waals surface area contributed by atoms with Crippen molar-refractivity contribution >= 4 is 5.91 Å². The third-order valence-corrected chi connectivity index (χ3v) is 4.54. The standard InChI is InChI=1S/C15H28N2O3/c1-11-8-17(9-12(2)20-11)15(19)13(3)16-6-4-14(10-18)5-7-16/h11-14,18H,4-10H2,1-3H3/t11-,12+,13-/m1/s1. The molecule has 2 aliphatic heterocycles. The van der Waals surface area contributed by atoms with Crippen molar-refractivity contribution in [3.63, 3.8) is 0 Å². The summed E-state index contributed by atoms with van der Waals surface area (Å²) < 4.78 is 5.69. The van der Waals surface area contributed by atoms with Gasteiger partial charge in [-0.1, -0.05) is 0 Å². The van der Waals surface area contributed by atoms with Crippen molar-refractivity contribution in [3.05, 3.63) is 0 Å². The van der Waals surface area contributed by atoms with Crippen molar-refractivity contribution in [3.8, 4) is 0 Å². The van der Waals surface area contributed by atoms with Crippen LogP contribution in [0.3, 0.4) is 0 Å². The van der Waals surface area contributed by atoms with Crippen LogP contribution in [0.1, 0.15) is 33.6 Å². The maximum Gasteiger partial charge on any atom is 0.239 e. The number of hydrogen-bond acceptors (Lipinski definition) is 4. The van der Waals surface area contributed by atoms with Gasteiger partial charge in [-0.2, -0.15) is 0 Å². The van der Waals surface area contributed by atoms with E-state index in [-0.39, 0.29) is 30.8 Å².